The number of hydrogen-bond acceptors (Lipinski definition) is 6. The molecule has 0 radical (unpaired) electrons. The standard InChI is InChI=1S/C11H13N5OS/c1-18-11-14-9-8(6-17)5-13-16(9)10(15-11)12-4-7-2-3-7/h5-7H,2-4H2,1H3,(H,12,14,15). The van der Waals surface area contributed by atoms with Gasteiger partial charge in [-0.25, -0.2) is 4.98 Å². The molecule has 2 aromatic heterocycles. The minimum Gasteiger partial charge on any atom is -0.354 e. The van der Waals surface area contributed by atoms with E-state index >= 15 is 0 Å². The van der Waals surface area contributed by atoms with Gasteiger partial charge >= 0.3 is 0 Å². The number of aromatic nitrogens is 4. The summed E-state index contributed by atoms with van der Waals surface area (Å²) in [7, 11) is 0. The highest BCUT2D eigenvalue weighted by Gasteiger charge is 2.22. The highest BCUT2D eigenvalue weighted by atomic mass is 32.2. The van der Waals surface area contributed by atoms with Crippen molar-refractivity contribution in [2.75, 3.05) is 18.1 Å². The van der Waals surface area contributed by atoms with Crippen molar-refractivity contribution in [3.63, 3.8) is 0 Å². The summed E-state index contributed by atoms with van der Waals surface area (Å²) in [4.78, 5) is 19.6. The molecule has 0 aromatic carbocycles. The summed E-state index contributed by atoms with van der Waals surface area (Å²) >= 11 is 1.45. The topological polar surface area (TPSA) is 72.2 Å². The summed E-state index contributed by atoms with van der Waals surface area (Å²) in [5.41, 5.74) is 1.05. The summed E-state index contributed by atoms with van der Waals surface area (Å²) in [6.45, 7) is 0.899. The molecule has 0 atom stereocenters. The van der Waals surface area contributed by atoms with E-state index in [1.807, 2.05) is 6.26 Å². The molecule has 3 rings (SSSR count). The van der Waals surface area contributed by atoms with Crippen LogP contribution >= 0.6 is 11.8 Å². The van der Waals surface area contributed by atoms with Crippen LogP contribution in [0.4, 0.5) is 5.95 Å². The molecule has 18 heavy (non-hydrogen) atoms. The predicted octanol–water partition coefficient (Wildman–Crippen LogP) is 1.48. The Labute approximate surface area is 108 Å². The Hall–Kier alpha value is -1.63. The van der Waals surface area contributed by atoms with Crippen LogP contribution in [0.3, 0.4) is 0 Å². The van der Waals surface area contributed by atoms with Crippen LogP contribution in [0.2, 0.25) is 0 Å². The van der Waals surface area contributed by atoms with E-state index in [0.717, 1.165) is 18.7 Å². The molecule has 0 spiro atoms. The average Bonchev–Trinajstić information content (AvgIpc) is 3.14. The second kappa shape index (κ2) is 4.56. The maximum absolute atomic E-state index is 10.9. The van der Waals surface area contributed by atoms with Gasteiger partial charge in [0.05, 0.1) is 11.8 Å². The largest absolute Gasteiger partial charge is 0.354 e. The van der Waals surface area contributed by atoms with Crippen LogP contribution in [-0.2, 0) is 0 Å². The fourth-order valence-electron chi connectivity index (χ4n) is 1.72. The average molecular weight is 263 g/mol. The maximum Gasteiger partial charge on any atom is 0.228 e. The van der Waals surface area contributed by atoms with Crippen LogP contribution in [0.25, 0.3) is 5.65 Å². The van der Waals surface area contributed by atoms with Gasteiger partial charge in [-0.1, -0.05) is 11.8 Å². The Bertz CT molecular complexity index is 592. The first kappa shape index (κ1) is 11.5. The zero-order valence-electron chi connectivity index (χ0n) is 9.96. The molecule has 0 unspecified atom stereocenters. The summed E-state index contributed by atoms with van der Waals surface area (Å²) < 4.78 is 1.59. The lowest BCUT2D eigenvalue weighted by atomic mass is 10.4. The summed E-state index contributed by atoms with van der Waals surface area (Å²) in [6.07, 6.45) is 6.74. The molecule has 6 nitrogen and oxygen atoms in total. The number of rotatable bonds is 5. The van der Waals surface area contributed by atoms with Gasteiger partial charge in [0.2, 0.25) is 5.95 Å². The molecule has 1 aliphatic rings. The number of aldehydes is 1. The van der Waals surface area contributed by atoms with Gasteiger partial charge in [0.25, 0.3) is 0 Å². The van der Waals surface area contributed by atoms with E-state index in [0.29, 0.717) is 22.3 Å². The molecule has 7 heteroatoms. The molecule has 1 aliphatic carbocycles. The third kappa shape index (κ3) is 2.05. The predicted molar refractivity (Wildman–Crippen MR) is 69.2 cm³/mol. The number of hydrogen-bond donors (Lipinski definition) is 1. The number of carbonyl (C=O) groups excluding carboxylic acids is 1. The lowest BCUT2D eigenvalue weighted by molar-refractivity contribution is 0.112. The van der Waals surface area contributed by atoms with E-state index in [2.05, 4.69) is 20.4 Å². The van der Waals surface area contributed by atoms with Crippen molar-refractivity contribution in [2.24, 2.45) is 5.92 Å². The first-order valence-corrected chi connectivity index (χ1v) is 7.03. The number of nitrogens with zero attached hydrogens (tertiary/aromatic N) is 4. The molecule has 0 amide bonds. The Morgan fingerprint density at radius 3 is 3.06 bits per heavy atom. The summed E-state index contributed by atoms with van der Waals surface area (Å²) in [5, 5.41) is 8.08. The van der Waals surface area contributed by atoms with Gasteiger partial charge in [0.15, 0.2) is 17.1 Å². The quantitative estimate of drug-likeness (QED) is 0.650. The van der Waals surface area contributed by atoms with Crippen LogP contribution in [0.1, 0.15) is 23.2 Å². The second-order valence-electron chi connectivity index (χ2n) is 4.31. The SMILES string of the molecule is CSc1nc(NCC2CC2)n2ncc(C=O)c2n1. The third-order valence-corrected chi connectivity index (χ3v) is 3.48. The maximum atomic E-state index is 10.9. The molecule has 0 bridgehead atoms. The van der Waals surface area contributed by atoms with Crippen molar-refractivity contribution in [3.8, 4) is 0 Å². The van der Waals surface area contributed by atoms with E-state index in [1.54, 1.807) is 4.52 Å². The zero-order chi connectivity index (χ0) is 12.5. The fraction of sp³-hybridized carbons (Fsp3) is 0.455. The molecule has 2 aromatic rings. The minimum absolute atomic E-state index is 0.488. The molecule has 2 heterocycles. The molecule has 1 fully saturated rings. The highest BCUT2D eigenvalue weighted by molar-refractivity contribution is 7.98. The number of carbonyl (C=O) groups is 1. The molecule has 0 saturated heterocycles. The Kier molecular flexibility index (Phi) is 2.91. The first-order chi connectivity index (χ1) is 8.81. The zero-order valence-corrected chi connectivity index (χ0v) is 10.8. The van der Waals surface area contributed by atoms with Gasteiger partial charge in [-0.05, 0) is 25.0 Å². The fourth-order valence-corrected chi connectivity index (χ4v) is 2.08. The number of anilines is 1. The first-order valence-electron chi connectivity index (χ1n) is 5.80. The smallest absolute Gasteiger partial charge is 0.228 e. The monoisotopic (exact) mass is 263 g/mol. The normalized spacial score (nSPS) is 14.9. The van der Waals surface area contributed by atoms with Crippen molar-refractivity contribution in [1.29, 1.82) is 0 Å². The van der Waals surface area contributed by atoms with Crippen LogP contribution in [0, 0.1) is 5.92 Å². The van der Waals surface area contributed by atoms with Crippen LogP contribution in [0.5, 0.6) is 0 Å². The number of nitrogens with one attached hydrogen (secondary N) is 1. The number of thioether (sulfide) groups is 1. The minimum atomic E-state index is 0.488. The van der Waals surface area contributed by atoms with Gasteiger partial charge in [-0.3, -0.25) is 4.79 Å². The Morgan fingerprint density at radius 2 is 2.39 bits per heavy atom. The lowest BCUT2D eigenvalue weighted by Gasteiger charge is -2.07. The van der Waals surface area contributed by atoms with Gasteiger partial charge < -0.3 is 5.32 Å². The Balaban J connectivity index is 2.03. The van der Waals surface area contributed by atoms with Crippen molar-refractivity contribution < 1.29 is 4.79 Å². The number of fused-ring (bicyclic) bond motifs is 1. The van der Waals surface area contributed by atoms with Crippen LogP contribution < -0.4 is 5.32 Å². The molecule has 1 N–H and O–H groups in total. The summed E-state index contributed by atoms with van der Waals surface area (Å²) in [6, 6.07) is 0. The second-order valence-corrected chi connectivity index (χ2v) is 5.08. The van der Waals surface area contributed by atoms with Gasteiger partial charge in [0.1, 0.15) is 0 Å². The van der Waals surface area contributed by atoms with E-state index in [1.165, 1.54) is 30.8 Å². The van der Waals surface area contributed by atoms with E-state index in [4.69, 9.17) is 0 Å². The van der Waals surface area contributed by atoms with Crippen molar-refractivity contribution in [2.45, 2.75) is 18.0 Å². The highest BCUT2D eigenvalue weighted by Crippen LogP contribution is 2.29. The van der Waals surface area contributed by atoms with Gasteiger partial charge in [-0.15, -0.1) is 0 Å². The summed E-state index contributed by atoms with van der Waals surface area (Å²) in [5.74, 6) is 1.40. The van der Waals surface area contributed by atoms with Gasteiger partial charge in [-0.2, -0.15) is 14.6 Å². The van der Waals surface area contributed by atoms with Crippen LogP contribution in [-0.4, -0.2) is 38.7 Å². The molecular weight excluding hydrogens is 250 g/mol. The third-order valence-electron chi connectivity index (χ3n) is 2.93. The van der Waals surface area contributed by atoms with Crippen molar-refractivity contribution in [3.05, 3.63) is 11.8 Å². The van der Waals surface area contributed by atoms with Gasteiger partial charge in [0, 0.05) is 6.54 Å². The molecule has 0 aliphatic heterocycles. The van der Waals surface area contributed by atoms with Crippen molar-refractivity contribution >= 4 is 29.6 Å². The Morgan fingerprint density at radius 1 is 1.56 bits per heavy atom. The van der Waals surface area contributed by atoms with E-state index in [-0.39, 0.29) is 0 Å². The van der Waals surface area contributed by atoms with Crippen molar-refractivity contribution in [1.82, 2.24) is 19.6 Å². The molecular formula is C11H13N5OS. The molecule has 1 saturated carbocycles. The lowest BCUT2D eigenvalue weighted by Crippen LogP contribution is -2.11. The van der Waals surface area contributed by atoms with E-state index < -0.39 is 0 Å². The van der Waals surface area contributed by atoms with E-state index in [9.17, 15) is 4.79 Å². The molecule has 94 valence electrons. The van der Waals surface area contributed by atoms with Crippen LogP contribution in [0.15, 0.2) is 11.4 Å².